The van der Waals surface area contributed by atoms with Gasteiger partial charge in [0, 0.05) is 18.5 Å². The molecule has 0 aliphatic carbocycles. The Balaban J connectivity index is 1.44. The number of benzene rings is 1. The van der Waals surface area contributed by atoms with E-state index in [4.69, 9.17) is 9.72 Å². The smallest absolute Gasteiger partial charge is 0.264 e. The van der Waals surface area contributed by atoms with Crippen molar-refractivity contribution >= 4 is 50.9 Å². The quantitative estimate of drug-likeness (QED) is 0.445. The molecule has 1 saturated heterocycles. The lowest BCUT2D eigenvalue weighted by atomic mass is 10.1. The maximum atomic E-state index is 12.3. The van der Waals surface area contributed by atoms with Gasteiger partial charge in [0.25, 0.3) is 5.91 Å². The summed E-state index contributed by atoms with van der Waals surface area (Å²) in [6.45, 7) is 4.01. The lowest BCUT2D eigenvalue weighted by Crippen LogP contribution is -2.30. The van der Waals surface area contributed by atoms with Crippen molar-refractivity contribution in [2.45, 2.75) is 30.5 Å². The van der Waals surface area contributed by atoms with Gasteiger partial charge in [0.1, 0.15) is 17.1 Å². The number of thioether (sulfide) groups is 1. The van der Waals surface area contributed by atoms with E-state index < -0.39 is 0 Å². The third-order valence-electron chi connectivity index (χ3n) is 4.63. The van der Waals surface area contributed by atoms with Crippen LogP contribution in [0.1, 0.15) is 26.2 Å². The van der Waals surface area contributed by atoms with Gasteiger partial charge in [-0.15, -0.1) is 10.2 Å². The second-order valence-electron chi connectivity index (χ2n) is 6.69. The second kappa shape index (κ2) is 9.41. The van der Waals surface area contributed by atoms with Crippen molar-refractivity contribution in [3.8, 4) is 5.75 Å². The summed E-state index contributed by atoms with van der Waals surface area (Å²) in [6, 6.07) is 9.89. The van der Waals surface area contributed by atoms with Crippen molar-refractivity contribution in [2.75, 3.05) is 35.7 Å². The summed E-state index contributed by atoms with van der Waals surface area (Å²) in [5, 5.41) is 12.2. The number of anilines is 2. The van der Waals surface area contributed by atoms with Crippen molar-refractivity contribution in [3.05, 3.63) is 30.3 Å². The second-order valence-corrected chi connectivity index (χ2v) is 9.18. The average Bonchev–Trinajstić information content (AvgIpc) is 3.19. The number of aromatic nitrogens is 3. The number of para-hydroxylation sites is 1. The zero-order valence-corrected chi connectivity index (χ0v) is 17.9. The Morgan fingerprint density at radius 2 is 2.07 bits per heavy atom. The summed E-state index contributed by atoms with van der Waals surface area (Å²) in [4.78, 5) is 19.4. The summed E-state index contributed by atoms with van der Waals surface area (Å²) < 4.78 is 6.65. The Labute approximate surface area is 177 Å². The van der Waals surface area contributed by atoms with Crippen LogP contribution in [0.4, 0.5) is 10.9 Å². The van der Waals surface area contributed by atoms with Gasteiger partial charge < -0.3 is 9.64 Å². The Morgan fingerprint density at radius 3 is 2.90 bits per heavy atom. The number of nitrogens with zero attached hydrogens (tertiary/aromatic N) is 4. The van der Waals surface area contributed by atoms with E-state index >= 15 is 0 Å². The number of hydrogen-bond donors (Lipinski definition) is 1. The minimum atomic E-state index is -0.265. The first-order valence-corrected chi connectivity index (χ1v) is 11.6. The van der Waals surface area contributed by atoms with Gasteiger partial charge in [-0.25, -0.2) is 4.98 Å². The summed E-state index contributed by atoms with van der Waals surface area (Å²) in [5.74, 6) is 2.22. The number of carbonyl (C=O) groups excluding carboxylic acids is 1. The van der Waals surface area contributed by atoms with Crippen LogP contribution in [-0.2, 0) is 4.79 Å². The molecule has 0 saturated carbocycles. The predicted octanol–water partition coefficient (Wildman–Crippen LogP) is 4.21. The fraction of sp³-hybridized carbons (Fsp3) is 0.400. The molecule has 1 N–H and O–H groups in total. The number of fused-ring (bicyclic) bond motifs is 1. The van der Waals surface area contributed by atoms with Crippen molar-refractivity contribution in [3.63, 3.8) is 0 Å². The number of hydrogen-bond acceptors (Lipinski definition) is 8. The number of rotatable bonds is 7. The number of piperidine rings is 1. The van der Waals surface area contributed by atoms with Crippen LogP contribution in [0.5, 0.6) is 5.75 Å². The molecule has 1 fully saturated rings. The van der Waals surface area contributed by atoms with Gasteiger partial charge in [-0.2, -0.15) is 0 Å². The Bertz CT molecular complexity index is 988. The minimum Gasteiger partial charge on any atom is -0.481 e. The molecule has 9 heteroatoms. The number of carbonyl (C=O) groups is 1. The maximum Gasteiger partial charge on any atom is 0.264 e. The van der Waals surface area contributed by atoms with E-state index in [1.54, 1.807) is 11.8 Å². The van der Waals surface area contributed by atoms with Crippen LogP contribution in [0.15, 0.2) is 34.7 Å². The first-order valence-electron chi connectivity index (χ1n) is 9.76. The topological polar surface area (TPSA) is 80.2 Å². The van der Waals surface area contributed by atoms with Crippen LogP contribution < -0.4 is 15.0 Å². The third-order valence-corrected chi connectivity index (χ3v) is 6.48. The van der Waals surface area contributed by atoms with Crippen LogP contribution in [0.2, 0.25) is 0 Å². The fourth-order valence-corrected chi connectivity index (χ4v) is 4.93. The van der Waals surface area contributed by atoms with Gasteiger partial charge in [-0.1, -0.05) is 42.2 Å². The molecule has 29 heavy (non-hydrogen) atoms. The van der Waals surface area contributed by atoms with Crippen LogP contribution in [-0.4, -0.2) is 46.5 Å². The molecule has 1 aromatic carbocycles. The highest BCUT2D eigenvalue weighted by Gasteiger charge is 2.15. The average molecular weight is 430 g/mol. The first kappa shape index (κ1) is 19.9. The molecule has 1 aliphatic heterocycles. The molecular weight excluding hydrogens is 406 g/mol. The summed E-state index contributed by atoms with van der Waals surface area (Å²) in [5.41, 5.74) is 0.779. The van der Waals surface area contributed by atoms with Gasteiger partial charge in [0.05, 0.1) is 0 Å². The zero-order chi connectivity index (χ0) is 20.1. The van der Waals surface area contributed by atoms with Crippen LogP contribution >= 0.6 is 23.1 Å². The van der Waals surface area contributed by atoms with Gasteiger partial charge >= 0.3 is 0 Å². The normalized spacial score (nSPS) is 14.2. The molecule has 0 unspecified atom stereocenters. The molecule has 1 amide bonds. The van der Waals surface area contributed by atoms with E-state index in [9.17, 15) is 4.79 Å². The van der Waals surface area contributed by atoms with Gasteiger partial charge in [0.2, 0.25) is 5.13 Å². The largest absolute Gasteiger partial charge is 0.481 e. The highest BCUT2D eigenvalue weighted by atomic mass is 32.2. The molecular formula is C20H23N5O2S2. The van der Waals surface area contributed by atoms with Gasteiger partial charge in [-0.05, 0) is 43.2 Å². The fourth-order valence-electron chi connectivity index (χ4n) is 3.27. The highest BCUT2D eigenvalue weighted by Crippen LogP contribution is 2.28. The van der Waals surface area contributed by atoms with Crippen molar-refractivity contribution in [1.82, 2.24) is 15.2 Å². The summed E-state index contributed by atoms with van der Waals surface area (Å²) >= 11 is 2.96. The number of nitrogens with one attached hydrogen (secondary N) is 1. The molecule has 152 valence electrons. The molecule has 2 aromatic heterocycles. The standard InChI is InChI=1S/C20H23N5O2S2/c1-2-28-20-24-23-19(29-20)22-17(26)13-27-15-8-6-7-14-9-10-16(21-18(14)15)25-11-4-3-5-12-25/h6-10H,2-5,11-13H2,1H3,(H,22,23,26). The minimum absolute atomic E-state index is 0.107. The first-order chi connectivity index (χ1) is 14.2. The highest BCUT2D eigenvalue weighted by molar-refractivity contribution is 8.01. The van der Waals surface area contributed by atoms with E-state index in [1.165, 1.54) is 30.6 Å². The van der Waals surface area contributed by atoms with E-state index in [0.29, 0.717) is 10.9 Å². The van der Waals surface area contributed by atoms with Crippen molar-refractivity contribution in [1.29, 1.82) is 0 Å². The van der Waals surface area contributed by atoms with Crippen molar-refractivity contribution in [2.24, 2.45) is 0 Å². The zero-order valence-electron chi connectivity index (χ0n) is 16.3. The number of ether oxygens (including phenoxy) is 1. The number of pyridine rings is 1. The molecule has 0 bridgehead atoms. The summed E-state index contributed by atoms with van der Waals surface area (Å²) in [7, 11) is 0. The Morgan fingerprint density at radius 1 is 1.21 bits per heavy atom. The third kappa shape index (κ3) is 4.97. The van der Waals surface area contributed by atoms with E-state index in [-0.39, 0.29) is 12.5 Å². The summed E-state index contributed by atoms with van der Waals surface area (Å²) in [6.07, 6.45) is 3.67. The molecule has 0 radical (unpaired) electrons. The lowest BCUT2D eigenvalue weighted by Gasteiger charge is -2.28. The van der Waals surface area contributed by atoms with Gasteiger partial charge in [-0.3, -0.25) is 10.1 Å². The Hall–Kier alpha value is -2.39. The molecule has 0 spiro atoms. The van der Waals surface area contributed by atoms with Crippen LogP contribution in [0, 0.1) is 0 Å². The Kier molecular flexibility index (Phi) is 6.46. The van der Waals surface area contributed by atoms with E-state index in [1.807, 2.05) is 25.1 Å². The predicted molar refractivity (Wildman–Crippen MR) is 118 cm³/mol. The van der Waals surface area contributed by atoms with E-state index in [2.05, 4.69) is 32.5 Å². The SMILES string of the molecule is CCSc1nnc(NC(=O)COc2cccc3ccc(N4CCCCC4)nc23)s1. The van der Waals surface area contributed by atoms with Crippen LogP contribution in [0.25, 0.3) is 10.9 Å². The molecule has 3 aromatic rings. The van der Waals surface area contributed by atoms with Gasteiger partial charge in [0.15, 0.2) is 10.9 Å². The molecule has 0 atom stereocenters. The van der Waals surface area contributed by atoms with Crippen LogP contribution in [0.3, 0.4) is 0 Å². The van der Waals surface area contributed by atoms with E-state index in [0.717, 1.165) is 39.9 Å². The number of amides is 1. The molecule has 7 nitrogen and oxygen atoms in total. The monoisotopic (exact) mass is 429 g/mol. The maximum absolute atomic E-state index is 12.3. The molecule has 1 aliphatic rings. The molecule has 3 heterocycles. The lowest BCUT2D eigenvalue weighted by molar-refractivity contribution is -0.118. The van der Waals surface area contributed by atoms with Crippen molar-refractivity contribution < 1.29 is 9.53 Å². The molecule has 4 rings (SSSR count).